The molecule has 64 valence electrons. The third-order valence-corrected chi connectivity index (χ3v) is 2.42. The van der Waals surface area contributed by atoms with Crippen LogP contribution < -0.4 is 5.32 Å². The largest absolute Gasteiger partial charge is 0.496 e. The normalized spacial score (nSPS) is 19.3. The lowest BCUT2D eigenvalue weighted by Crippen LogP contribution is -2.30. The Hall–Kier alpha value is -0.150. The van der Waals surface area contributed by atoms with Crippen LogP contribution in [0, 0.1) is 0 Å². The number of hydrogen-bond donors (Lipinski definition) is 1. The quantitative estimate of drug-likeness (QED) is 0.691. The Kier molecular flexibility index (Phi) is 3.80. The van der Waals surface area contributed by atoms with Gasteiger partial charge >= 0.3 is 0 Å². The highest BCUT2D eigenvalue weighted by Gasteiger charge is 2.15. The molecule has 3 heteroatoms. The van der Waals surface area contributed by atoms with E-state index in [9.17, 15) is 0 Å². The van der Waals surface area contributed by atoms with Crippen LogP contribution >= 0.6 is 11.8 Å². The van der Waals surface area contributed by atoms with Gasteiger partial charge in [-0.2, -0.15) is 11.8 Å². The molecule has 1 aliphatic rings. The smallest absolute Gasteiger partial charge is 0.110 e. The molecule has 1 rings (SSSR count). The van der Waals surface area contributed by atoms with Gasteiger partial charge in [0.2, 0.25) is 0 Å². The van der Waals surface area contributed by atoms with Crippen LogP contribution in [0.3, 0.4) is 0 Å². The molecule has 0 amide bonds. The highest BCUT2D eigenvalue weighted by molar-refractivity contribution is 7.98. The first kappa shape index (κ1) is 8.94. The van der Waals surface area contributed by atoms with Gasteiger partial charge in [0.25, 0.3) is 0 Å². The van der Waals surface area contributed by atoms with Gasteiger partial charge < -0.3 is 10.1 Å². The van der Waals surface area contributed by atoms with Gasteiger partial charge in [0, 0.05) is 12.2 Å². The maximum atomic E-state index is 5.44. The van der Waals surface area contributed by atoms with Crippen molar-refractivity contribution in [1.82, 2.24) is 5.32 Å². The van der Waals surface area contributed by atoms with E-state index in [4.69, 9.17) is 4.74 Å². The van der Waals surface area contributed by atoms with Gasteiger partial charge in [0.05, 0.1) is 12.6 Å². The van der Waals surface area contributed by atoms with Crippen LogP contribution in [0.2, 0.25) is 0 Å². The lowest BCUT2D eigenvalue weighted by molar-refractivity contribution is 0.222. The average molecular weight is 173 g/mol. The number of thioether (sulfide) groups is 1. The second kappa shape index (κ2) is 4.67. The summed E-state index contributed by atoms with van der Waals surface area (Å²) < 4.78 is 5.44. The van der Waals surface area contributed by atoms with Crippen molar-refractivity contribution in [3.63, 3.8) is 0 Å². The molecular formula is C8H15NOS. The van der Waals surface area contributed by atoms with Crippen LogP contribution in [-0.2, 0) is 4.74 Å². The molecule has 0 fully saturated rings. The van der Waals surface area contributed by atoms with Crippen LogP contribution in [-0.4, -0.2) is 31.7 Å². The summed E-state index contributed by atoms with van der Waals surface area (Å²) in [5, 5.41) is 3.23. The summed E-state index contributed by atoms with van der Waals surface area (Å²) >= 11 is 1.84. The SMILES string of the molecule is CNC(CSC)C1=CCCO1. The fourth-order valence-corrected chi connectivity index (χ4v) is 1.82. The van der Waals surface area contributed by atoms with E-state index in [0.29, 0.717) is 6.04 Å². The molecule has 0 spiro atoms. The predicted molar refractivity (Wildman–Crippen MR) is 49.9 cm³/mol. The van der Waals surface area contributed by atoms with Crippen molar-refractivity contribution in [2.24, 2.45) is 0 Å². The number of nitrogens with one attached hydrogen (secondary N) is 1. The second-order valence-electron chi connectivity index (χ2n) is 2.54. The maximum Gasteiger partial charge on any atom is 0.110 e. The predicted octanol–water partition coefficient (Wildman–Crippen LogP) is 1.24. The Labute approximate surface area is 72.4 Å². The van der Waals surface area contributed by atoms with Gasteiger partial charge in [-0.3, -0.25) is 0 Å². The molecule has 0 saturated carbocycles. The summed E-state index contributed by atoms with van der Waals surface area (Å²) in [5.41, 5.74) is 0. The minimum absolute atomic E-state index is 0.410. The summed E-state index contributed by atoms with van der Waals surface area (Å²) in [4.78, 5) is 0. The van der Waals surface area contributed by atoms with E-state index < -0.39 is 0 Å². The van der Waals surface area contributed by atoms with Crippen molar-refractivity contribution >= 4 is 11.8 Å². The van der Waals surface area contributed by atoms with Gasteiger partial charge in [0.1, 0.15) is 5.76 Å². The zero-order chi connectivity index (χ0) is 8.10. The van der Waals surface area contributed by atoms with E-state index >= 15 is 0 Å². The van der Waals surface area contributed by atoms with Crippen LogP contribution in [0.5, 0.6) is 0 Å². The Balaban J connectivity index is 2.40. The molecule has 2 nitrogen and oxygen atoms in total. The van der Waals surface area contributed by atoms with E-state index in [2.05, 4.69) is 17.6 Å². The third kappa shape index (κ3) is 2.42. The summed E-state index contributed by atoms with van der Waals surface area (Å²) in [6, 6.07) is 0.410. The number of hydrogen-bond acceptors (Lipinski definition) is 3. The van der Waals surface area contributed by atoms with Gasteiger partial charge in [-0.05, 0) is 19.4 Å². The fraction of sp³-hybridized carbons (Fsp3) is 0.750. The Morgan fingerprint density at radius 3 is 3.09 bits per heavy atom. The monoisotopic (exact) mass is 173 g/mol. The molecule has 0 aromatic rings. The van der Waals surface area contributed by atoms with E-state index in [1.807, 2.05) is 18.8 Å². The molecule has 0 aliphatic carbocycles. The van der Waals surface area contributed by atoms with Crippen molar-refractivity contribution in [3.05, 3.63) is 11.8 Å². The van der Waals surface area contributed by atoms with Crippen LogP contribution in [0.1, 0.15) is 6.42 Å². The number of likely N-dealkylation sites (N-methyl/N-ethyl adjacent to an activating group) is 1. The summed E-state index contributed by atoms with van der Waals surface area (Å²) in [6.45, 7) is 0.863. The number of ether oxygens (including phenoxy) is 1. The zero-order valence-corrected chi connectivity index (χ0v) is 7.91. The molecule has 0 aromatic heterocycles. The molecule has 0 radical (unpaired) electrons. The average Bonchev–Trinajstić information content (AvgIpc) is 2.52. The van der Waals surface area contributed by atoms with Crippen LogP contribution in [0.4, 0.5) is 0 Å². The van der Waals surface area contributed by atoms with Gasteiger partial charge in [-0.15, -0.1) is 0 Å². The van der Waals surface area contributed by atoms with Gasteiger partial charge in [-0.25, -0.2) is 0 Å². The van der Waals surface area contributed by atoms with E-state index in [-0.39, 0.29) is 0 Å². The summed E-state index contributed by atoms with van der Waals surface area (Å²) in [7, 11) is 1.98. The molecule has 0 saturated heterocycles. The van der Waals surface area contributed by atoms with Crippen molar-refractivity contribution in [2.75, 3.05) is 25.7 Å². The molecule has 1 aliphatic heterocycles. The third-order valence-electron chi connectivity index (χ3n) is 1.76. The first-order valence-electron chi connectivity index (χ1n) is 3.87. The molecule has 1 atom stereocenters. The van der Waals surface area contributed by atoms with E-state index in [1.165, 1.54) is 0 Å². The molecule has 1 unspecified atom stereocenters. The Bertz CT molecular complexity index is 147. The van der Waals surface area contributed by atoms with Crippen molar-refractivity contribution in [2.45, 2.75) is 12.5 Å². The van der Waals surface area contributed by atoms with Crippen molar-refractivity contribution < 1.29 is 4.74 Å². The molecule has 1 heterocycles. The Morgan fingerprint density at radius 1 is 1.82 bits per heavy atom. The van der Waals surface area contributed by atoms with Crippen molar-refractivity contribution in [1.29, 1.82) is 0 Å². The lowest BCUT2D eigenvalue weighted by Gasteiger charge is -2.15. The summed E-state index contributed by atoms with van der Waals surface area (Å²) in [6.07, 6.45) is 5.36. The first-order chi connectivity index (χ1) is 5.38. The van der Waals surface area contributed by atoms with Crippen LogP contribution in [0.15, 0.2) is 11.8 Å². The maximum absolute atomic E-state index is 5.44. The van der Waals surface area contributed by atoms with Gasteiger partial charge in [-0.1, -0.05) is 0 Å². The molecule has 1 N–H and O–H groups in total. The van der Waals surface area contributed by atoms with Crippen molar-refractivity contribution in [3.8, 4) is 0 Å². The highest BCUT2D eigenvalue weighted by Crippen LogP contribution is 2.15. The first-order valence-corrected chi connectivity index (χ1v) is 5.27. The fourth-order valence-electron chi connectivity index (χ4n) is 1.15. The van der Waals surface area contributed by atoms with Gasteiger partial charge in [0.15, 0.2) is 0 Å². The topological polar surface area (TPSA) is 21.3 Å². The minimum Gasteiger partial charge on any atom is -0.496 e. The number of rotatable bonds is 4. The van der Waals surface area contributed by atoms with Crippen LogP contribution in [0.25, 0.3) is 0 Å². The van der Waals surface area contributed by atoms with E-state index in [0.717, 1.165) is 24.5 Å². The molecule has 0 bridgehead atoms. The molecule has 11 heavy (non-hydrogen) atoms. The lowest BCUT2D eigenvalue weighted by atomic mass is 10.2. The summed E-state index contributed by atoms with van der Waals surface area (Å²) in [5.74, 6) is 2.21. The highest BCUT2D eigenvalue weighted by atomic mass is 32.2. The minimum atomic E-state index is 0.410. The zero-order valence-electron chi connectivity index (χ0n) is 7.09. The molecular weight excluding hydrogens is 158 g/mol. The molecule has 0 aromatic carbocycles. The Morgan fingerprint density at radius 2 is 2.64 bits per heavy atom. The standard InChI is InChI=1S/C8H15NOS/c1-9-7(6-11-2)8-4-3-5-10-8/h4,7,9H,3,5-6H2,1-2H3. The second-order valence-corrected chi connectivity index (χ2v) is 3.45. The van der Waals surface area contributed by atoms with E-state index in [1.54, 1.807) is 0 Å².